The van der Waals surface area contributed by atoms with Crippen molar-refractivity contribution in [1.29, 1.82) is 0 Å². The number of H-pyrrole nitrogens is 2. The van der Waals surface area contributed by atoms with Crippen LogP contribution in [0.4, 0.5) is 0 Å². The molecular formula is C32H38N6O7. The van der Waals surface area contributed by atoms with Gasteiger partial charge in [0.15, 0.2) is 0 Å². The van der Waals surface area contributed by atoms with Crippen LogP contribution in [0.5, 0.6) is 0 Å². The summed E-state index contributed by atoms with van der Waals surface area (Å²) >= 11 is 0. The van der Waals surface area contributed by atoms with Gasteiger partial charge in [-0.05, 0) is 35.6 Å². The van der Waals surface area contributed by atoms with Gasteiger partial charge in [0.2, 0.25) is 17.7 Å². The molecule has 0 saturated carbocycles. The van der Waals surface area contributed by atoms with Crippen molar-refractivity contribution >= 4 is 51.5 Å². The molecule has 9 N–H and O–H groups in total. The third-order valence-corrected chi connectivity index (χ3v) is 7.70. The molecule has 0 aliphatic carbocycles. The van der Waals surface area contributed by atoms with Gasteiger partial charge in [0.1, 0.15) is 18.1 Å². The summed E-state index contributed by atoms with van der Waals surface area (Å²) in [5, 5.41) is 28.5. The average molecular weight is 619 g/mol. The Bertz CT molecular complexity index is 1690. The van der Waals surface area contributed by atoms with E-state index >= 15 is 0 Å². The summed E-state index contributed by atoms with van der Waals surface area (Å²) in [5.41, 5.74) is 8.92. The summed E-state index contributed by atoms with van der Waals surface area (Å²) in [4.78, 5) is 69.5. The van der Waals surface area contributed by atoms with E-state index in [0.717, 1.165) is 27.4 Å². The number of hydrogen-bond acceptors (Lipinski definition) is 6. The highest BCUT2D eigenvalue weighted by Gasteiger charge is 2.32. The fourth-order valence-corrected chi connectivity index (χ4v) is 5.19. The van der Waals surface area contributed by atoms with Crippen LogP contribution in [0.1, 0.15) is 37.8 Å². The SMILES string of the molecule is CC(C)C(NC(=O)C(N)CCC(=O)O)C(=O)NC(Cc1c[nH]c2ccccc12)C(=O)NC(Cc1c[nH]c2ccccc12)C(=O)O. The van der Waals surface area contributed by atoms with Crippen molar-refractivity contribution in [3.63, 3.8) is 0 Å². The molecule has 0 spiro atoms. The van der Waals surface area contributed by atoms with Gasteiger partial charge in [-0.25, -0.2) is 4.79 Å². The molecule has 238 valence electrons. The lowest BCUT2D eigenvalue weighted by molar-refractivity contribution is -0.142. The number of nitrogens with two attached hydrogens (primary N) is 1. The summed E-state index contributed by atoms with van der Waals surface area (Å²) < 4.78 is 0. The second-order valence-electron chi connectivity index (χ2n) is 11.4. The number of aromatic nitrogens is 2. The van der Waals surface area contributed by atoms with E-state index in [4.69, 9.17) is 10.8 Å². The number of carboxylic acid groups (broad SMARTS) is 2. The maximum absolute atomic E-state index is 13.7. The van der Waals surface area contributed by atoms with Crippen LogP contribution in [0.3, 0.4) is 0 Å². The maximum Gasteiger partial charge on any atom is 0.326 e. The van der Waals surface area contributed by atoms with Gasteiger partial charge in [0.25, 0.3) is 0 Å². The number of benzene rings is 2. The van der Waals surface area contributed by atoms with Crippen LogP contribution in [0, 0.1) is 5.92 Å². The Labute approximate surface area is 258 Å². The van der Waals surface area contributed by atoms with Crippen molar-refractivity contribution < 1.29 is 34.2 Å². The van der Waals surface area contributed by atoms with Gasteiger partial charge in [-0.15, -0.1) is 0 Å². The molecule has 3 amide bonds. The molecular weight excluding hydrogens is 580 g/mol. The molecule has 0 fully saturated rings. The first-order valence-electron chi connectivity index (χ1n) is 14.7. The number of para-hydroxylation sites is 2. The quantitative estimate of drug-likeness (QED) is 0.0980. The zero-order valence-electron chi connectivity index (χ0n) is 25.0. The van der Waals surface area contributed by atoms with Crippen LogP contribution >= 0.6 is 0 Å². The summed E-state index contributed by atoms with van der Waals surface area (Å²) in [7, 11) is 0. The summed E-state index contributed by atoms with van der Waals surface area (Å²) in [6.07, 6.45) is 3.01. The molecule has 13 nitrogen and oxygen atoms in total. The molecule has 4 atom stereocenters. The number of fused-ring (bicyclic) bond motifs is 2. The predicted octanol–water partition coefficient (Wildman–Crippen LogP) is 1.82. The smallest absolute Gasteiger partial charge is 0.326 e. The topological polar surface area (TPSA) is 219 Å². The van der Waals surface area contributed by atoms with Crippen LogP contribution < -0.4 is 21.7 Å². The standard InChI is InChI=1S/C32H38N6O7/c1-17(2)28(38-29(41)22(33)11-12-27(39)40)31(43)36-25(13-18-15-34-23-9-5-3-7-20(18)23)30(42)37-26(32(44)45)14-19-16-35-24-10-6-4-8-21(19)24/h3-10,15-17,22,25-26,28,34-35H,11-14,33H2,1-2H3,(H,36,43)(H,37,42)(H,38,41)(H,39,40)(H,44,45). The largest absolute Gasteiger partial charge is 0.481 e. The van der Waals surface area contributed by atoms with Crippen molar-refractivity contribution in [2.45, 2.75) is 63.7 Å². The van der Waals surface area contributed by atoms with E-state index in [2.05, 4.69) is 25.9 Å². The van der Waals surface area contributed by atoms with Crippen molar-refractivity contribution in [2.24, 2.45) is 11.7 Å². The Balaban J connectivity index is 1.56. The first-order chi connectivity index (χ1) is 21.4. The summed E-state index contributed by atoms with van der Waals surface area (Å²) in [5.74, 6) is -4.86. The van der Waals surface area contributed by atoms with Crippen molar-refractivity contribution in [3.05, 3.63) is 72.1 Å². The number of aliphatic carboxylic acids is 2. The second kappa shape index (κ2) is 14.5. The summed E-state index contributed by atoms with van der Waals surface area (Å²) in [6.45, 7) is 3.40. The Morgan fingerprint density at radius 3 is 1.76 bits per heavy atom. The number of hydrogen-bond donors (Lipinski definition) is 8. The number of rotatable bonds is 15. The molecule has 0 bridgehead atoms. The Morgan fingerprint density at radius 2 is 1.24 bits per heavy atom. The van der Waals surface area contributed by atoms with Crippen molar-refractivity contribution in [1.82, 2.24) is 25.9 Å². The van der Waals surface area contributed by atoms with E-state index in [0.29, 0.717) is 5.56 Å². The van der Waals surface area contributed by atoms with Crippen molar-refractivity contribution in [2.75, 3.05) is 0 Å². The predicted molar refractivity (Wildman–Crippen MR) is 167 cm³/mol. The third-order valence-electron chi connectivity index (χ3n) is 7.70. The minimum Gasteiger partial charge on any atom is -0.481 e. The van der Waals surface area contributed by atoms with Gasteiger partial charge in [-0.3, -0.25) is 19.2 Å². The fraction of sp³-hybridized carbons (Fsp3) is 0.344. The first-order valence-corrected chi connectivity index (χ1v) is 14.7. The van der Waals surface area contributed by atoms with Gasteiger partial charge in [-0.1, -0.05) is 50.2 Å². The van der Waals surface area contributed by atoms with E-state index < -0.39 is 59.7 Å². The molecule has 4 rings (SSSR count). The number of nitrogens with one attached hydrogen (secondary N) is 5. The highest BCUT2D eigenvalue weighted by Crippen LogP contribution is 2.21. The maximum atomic E-state index is 13.7. The molecule has 13 heteroatoms. The van der Waals surface area contributed by atoms with Crippen LogP contribution in [-0.2, 0) is 36.8 Å². The number of carbonyl (C=O) groups excluding carboxylic acids is 3. The van der Waals surface area contributed by atoms with Gasteiger partial charge < -0.3 is 41.9 Å². The van der Waals surface area contributed by atoms with Gasteiger partial charge in [0.05, 0.1) is 6.04 Å². The highest BCUT2D eigenvalue weighted by molar-refractivity contribution is 5.95. The number of carboxylic acids is 2. The molecule has 45 heavy (non-hydrogen) atoms. The van der Waals surface area contributed by atoms with E-state index in [1.807, 2.05) is 48.5 Å². The molecule has 0 radical (unpaired) electrons. The molecule has 0 aliphatic heterocycles. The molecule has 2 aromatic heterocycles. The molecule has 2 heterocycles. The zero-order valence-corrected chi connectivity index (χ0v) is 25.0. The lowest BCUT2D eigenvalue weighted by Crippen LogP contribution is -2.59. The Kier molecular flexibility index (Phi) is 10.6. The lowest BCUT2D eigenvalue weighted by Gasteiger charge is -2.27. The minimum absolute atomic E-state index is 0.00224. The lowest BCUT2D eigenvalue weighted by atomic mass is 9.99. The van der Waals surface area contributed by atoms with Crippen molar-refractivity contribution in [3.8, 4) is 0 Å². The van der Waals surface area contributed by atoms with Crippen LogP contribution in [0.15, 0.2) is 60.9 Å². The highest BCUT2D eigenvalue weighted by atomic mass is 16.4. The second-order valence-corrected chi connectivity index (χ2v) is 11.4. The minimum atomic E-state index is -1.30. The van der Waals surface area contributed by atoms with Crippen LogP contribution in [-0.4, -0.2) is 74.0 Å². The average Bonchev–Trinajstić information content (AvgIpc) is 3.61. The van der Waals surface area contributed by atoms with E-state index in [1.165, 1.54) is 0 Å². The molecule has 4 aromatic rings. The van der Waals surface area contributed by atoms with Crippen LogP contribution in [0.2, 0.25) is 0 Å². The van der Waals surface area contributed by atoms with E-state index in [-0.39, 0.29) is 25.7 Å². The molecule has 2 aromatic carbocycles. The Morgan fingerprint density at radius 1 is 0.733 bits per heavy atom. The molecule has 0 saturated heterocycles. The third kappa shape index (κ3) is 8.26. The first kappa shape index (κ1) is 32.7. The number of amides is 3. The normalized spacial score (nSPS) is 14.0. The van der Waals surface area contributed by atoms with E-state index in [9.17, 15) is 29.1 Å². The van der Waals surface area contributed by atoms with Gasteiger partial charge in [0, 0.05) is 53.5 Å². The monoisotopic (exact) mass is 618 g/mol. The zero-order chi connectivity index (χ0) is 32.7. The van der Waals surface area contributed by atoms with Gasteiger partial charge >= 0.3 is 11.9 Å². The number of carbonyl (C=O) groups is 5. The van der Waals surface area contributed by atoms with E-state index in [1.54, 1.807) is 26.2 Å². The Hall–Kier alpha value is -5.17. The van der Waals surface area contributed by atoms with Crippen LogP contribution in [0.25, 0.3) is 21.8 Å². The molecule has 0 aliphatic rings. The van der Waals surface area contributed by atoms with Gasteiger partial charge in [-0.2, -0.15) is 0 Å². The molecule has 4 unspecified atom stereocenters. The fourth-order valence-electron chi connectivity index (χ4n) is 5.19. The summed E-state index contributed by atoms with van der Waals surface area (Å²) in [6, 6.07) is 10.1. The number of aromatic amines is 2.